The van der Waals surface area contributed by atoms with E-state index in [2.05, 4.69) is 10.1 Å². The molecule has 0 saturated carbocycles. The molecule has 0 aliphatic carbocycles. The molecule has 1 amide bonds. The lowest BCUT2D eigenvalue weighted by Gasteiger charge is -2.11. The van der Waals surface area contributed by atoms with Gasteiger partial charge in [0.2, 0.25) is 5.91 Å². The van der Waals surface area contributed by atoms with Gasteiger partial charge in [-0.2, -0.15) is 0 Å². The number of nitrogens with two attached hydrogens (primary N) is 1. The molecule has 0 aromatic heterocycles. The summed E-state index contributed by atoms with van der Waals surface area (Å²) in [4.78, 5) is 22.3. The van der Waals surface area contributed by atoms with Crippen LogP contribution in [0, 0.1) is 0 Å². The van der Waals surface area contributed by atoms with Crippen LogP contribution in [-0.2, 0) is 14.3 Å². The van der Waals surface area contributed by atoms with Gasteiger partial charge in [0, 0.05) is 0 Å². The Kier molecular flexibility index (Phi) is 4.47. The highest BCUT2D eigenvalue weighted by Crippen LogP contribution is 2.08. The highest BCUT2D eigenvalue weighted by Gasteiger charge is 2.15. The molecule has 5 nitrogen and oxygen atoms in total. The second-order valence-electron chi connectivity index (χ2n) is 3.18. The minimum atomic E-state index is -0.772. The summed E-state index contributed by atoms with van der Waals surface area (Å²) in [5, 5.41) is 2.39. The average molecular weight is 222 g/mol. The van der Waals surface area contributed by atoms with Gasteiger partial charge in [0.15, 0.2) is 0 Å². The van der Waals surface area contributed by atoms with Crippen LogP contribution in [0.1, 0.15) is 11.6 Å². The van der Waals surface area contributed by atoms with Crippen LogP contribution in [0.25, 0.3) is 0 Å². The molecule has 1 aromatic rings. The molecule has 0 fully saturated rings. The molecule has 0 spiro atoms. The van der Waals surface area contributed by atoms with E-state index in [4.69, 9.17) is 5.73 Å². The molecular weight excluding hydrogens is 208 g/mol. The number of carbonyl (C=O) groups excluding carboxylic acids is 2. The largest absolute Gasteiger partial charge is 0.468 e. The van der Waals surface area contributed by atoms with Gasteiger partial charge in [-0.05, 0) is 5.56 Å². The Morgan fingerprint density at radius 1 is 1.38 bits per heavy atom. The first-order valence-electron chi connectivity index (χ1n) is 4.80. The van der Waals surface area contributed by atoms with Gasteiger partial charge in [-0.1, -0.05) is 30.3 Å². The molecule has 1 unspecified atom stereocenters. The maximum atomic E-state index is 11.5. The molecule has 86 valence electrons. The van der Waals surface area contributed by atoms with Gasteiger partial charge in [-0.15, -0.1) is 0 Å². The maximum Gasteiger partial charge on any atom is 0.325 e. The average Bonchev–Trinajstić information content (AvgIpc) is 2.35. The molecule has 1 atom stereocenters. The Balaban J connectivity index is 2.52. The zero-order valence-corrected chi connectivity index (χ0v) is 8.97. The van der Waals surface area contributed by atoms with Gasteiger partial charge in [0.05, 0.1) is 7.11 Å². The van der Waals surface area contributed by atoms with Crippen molar-refractivity contribution in [3.05, 3.63) is 35.9 Å². The molecule has 0 heterocycles. The van der Waals surface area contributed by atoms with Crippen LogP contribution >= 0.6 is 0 Å². The Hall–Kier alpha value is -1.88. The summed E-state index contributed by atoms with van der Waals surface area (Å²) in [5.74, 6) is -0.912. The van der Waals surface area contributed by atoms with Crippen molar-refractivity contribution in [1.29, 1.82) is 0 Å². The van der Waals surface area contributed by atoms with Crippen LogP contribution in [0.3, 0.4) is 0 Å². The first-order chi connectivity index (χ1) is 7.65. The van der Waals surface area contributed by atoms with Crippen molar-refractivity contribution in [1.82, 2.24) is 5.32 Å². The van der Waals surface area contributed by atoms with Crippen LogP contribution < -0.4 is 11.1 Å². The van der Waals surface area contributed by atoms with Crippen molar-refractivity contribution in [3.8, 4) is 0 Å². The summed E-state index contributed by atoms with van der Waals surface area (Å²) < 4.78 is 4.39. The zero-order valence-electron chi connectivity index (χ0n) is 8.97. The summed E-state index contributed by atoms with van der Waals surface area (Å²) in [7, 11) is 1.26. The fourth-order valence-corrected chi connectivity index (χ4v) is 1.15. The van der Waals surface area contributed by atoms with Crippen LogP contribution in [0.5, 0.6) is 0 Å². The first kappa shape index (κ1) is 12.2. The third-order valence-electron chi connectivity index (χ3n) is 2.08. The summed E-state index contributed by atoms with van der Waals surface area (Å²) in [6.45, 7) is -0.171. The van der Waals surface area contributed by atoms with Gasteiger partial charge >= 0.3 is 5.97 Å². The highest BCUT2D eigenvalue weighted by molar-refractivity contribution is 5.86. The van der Waals surface area contributed by atoms with Crippen LogP contribution in [-0.4, -0.2) is 25.5 Å². The molecule has 0 bridgehead atoms. The summed E-state index contributed by atoms with van der Waals surface area (Å²) in [5.41, 5.74) is 6.40. The van der Waals surface area contributed by atoms with E-state index in [0.29, 0.717) is 5.56 Å². The quantitative estimate of drug-likeness (QED) is 0.701. The predicted molar refractivity (Wildman–Crippen MR) is 58.4 cm³/mol. The van der Waals surface area contributed by atoms with Gasteiger partial charge in [0.1, 0.15) is 12.6 Å². The number of rotatable bonds is 4. The van der Waals surface area contributed by atoms with E-state index in [1.807, 2.05) is 6.07 Å². The third kappa shape index (κ3) is 3.36. The normalized spacial score (nSPS) is 11.6. The molecule has 0 aliphatic heterocycles. The number of hydrogen-bond acceptors (Lipinski definition) is 4. The molecule has 1 aromatic carbocycles. The van der Waals surface area contributed by atoms with Gasteiger partial charge < -0.3 is 15.8 Å². The third-order valence-corrected chi connectivity index (χ3v) is 2.08. The number of benzene rings is 1. The number of hydrogen-bond donors (Lipinski definition) is 2. The number of esters is 1. The lowest BCUT2D eigenvalue weighted by atomic mass is 10.1. The van der Waals surface area contributed by atoms with E-state index >= 15 is 0 Å². The van der Waals surface area contributed by atoms with Crippen LogP contribution in [0.2, 0.25) is 0 Å². The minimum absolute atomic E-state index is 0.171. The second kappa shape index (κ2) is 5.87. The molecule has 1 rings (SSSR count). The van der Waals surface area contributed by atoms with Crippen LogP contribution in [0.4, 0.5) is 0 Å². The monoisotopic (exact) mass is 222 g/mol. The minimum Gasteiger partial charge on any atom is -0.468 e. The Bertz CT molecular complexity index is 365. The lowest BCUT2D eigenvalue weighted by Crippen LogP contribution is -2.37. The zero-order chi connectivity index (χ0) is 12.0. The van der Waals surface area contributed by atoms with E-state index < -0.39 is 17.9 Å². The molecular formula is C11H14N2O3. The number of nitrogens with one attached hydrogen (secondary N) is 1. The molecule has 16 heavy (non-hydrogen) atoms. The molecule has 3 N–H and O–H groups in total. The maximum absolute atomic E-state index is 11.5. The van der Waals surface area contributed by atoms with E-state index in [0.717, 1.165) is 0 Å². The standard InChI is InChI=1S/C11H14N2O3/c1-16-9(14)7-13-11(15)10(12)8-5-3-2-4-6-8/h2-6,10H,7,12H2,1H3,(H,13,15). The summed E-state index contributed by atoms with van der Waals surface area (Å²) in [6, 6.07) is 8.16. The number of carbonyl (C=O) groups is 2. The fraction of sp³-hybridized carbons (Fsp3) is 0.273. The Morgan fingerprint density at radius 3 is 2.56 bits per heavy atom. The SMILES string of the molecule is COC(=O)CNC(=O)C(N)c1ccccc1. The highest BCUT2D eigenvalue weighted by atomic mass is 16.5. The second-order valence-corrected chi connectivity index (χ2v) is 3.18. The Morgan fingerprint density at radius 2 is 2.00 bits per heavy atom. The van der Waals surface area contributed by atoms with Crippen molar-refractivity contribution in [2.75, 3.05) is 13.7 Å². The smallest absolute Gasteiger partial charge is 0.325 e. The topological polar surface area (TPSA) is 81.4 Å². The van der Waals surface area contributed by atoms with Crippen molar-refractivity contribution in [3.63, 3.8) is 0 Å². The van der Waals surface area contributed by atoms with Crippen molar-refractivity contribution < 1.29 is 14.3 Å². The van der Waals surface area contributed by atoms with E-state index in [9.17, 15) is 9.59 Å². The lowest BCUT2D eigenvalue weighted by molar-refractivity contribution is -0.141. The molecule has 0 aliphatic rings. The van der Waals surface area contributed by atoms with Crippen LogP contribution in [0.15, 0.2) is 30.3 Å². The molecule has 0 radical (unpaired) electrons. The van der Waals surface area contributed by atoms with Crippen molar-refractivity contribution in [2.45, 2.75) is 6.04 Å². The first-order valence-corrected chi connectivity index (χ1v) is 4.80. The van der Waals surface area contributed by atoms with Gasteiger partial charge in [-0.3, -0.25) is 9.59 Å². The fourth-order valence-electron chi connectivity index (χ4n) is 1.15. The van der Waals surface area contributed by atoms with E-state index in [-0.39, 0.29) is 6.54 Å². The summed E-state index contributed by atoms with van der Waals surface area (Å²) in [6.07, 6.45) is 0. The van der Waals surface area contributed by atoms with Crippen molar-refractivity contribution >= 4 is 11.9 Å². The predicted octanol–water partition coefficient (Wildman–Crippen LogP) is -0.0244. The number of ether oxygens (including phenoxy) is 1. The van der Waals surface area contributed by atoms with E-state index in [1.54, 1.807) is 24.3 Å². The van der Waals surface area contributed by atoms with Gasteiger partial charge in [0.25, 0.3) is 0 Å². The molecule has 5 heteroatoms. The van der Waals surface area contributed by atoms with E-state index in [1.165, 1.54) is 7.11 Å². The molecule has 0 saturated heterocycles. The summed E-state index contributed by atoms with van der Waals surface area (Å²) >= 11 is 0. The van der Waals surface area contributed by atoms with Gasteiger partial charge in [-0.25, -0.2) is 0 Å². The van der Waals surface area contributed by atoms with Crippen molar-refractivity contribution in [2.24, 2.45) is 5.73 Å². The Labute approximate surface area is 93.6 Å². The number of methoxy groups -OCH3 is 1. The number of amides is 1.